The molecule has 0 aromatic carbocycles. The van der Waals surface area contributed by atoms with Crippen LogP contribution >= 0.6 is 0 Å². The highest BCUT2D eigenvalue weighted by Gasteiger charge is 2.38. The van der Waals surface area contributed by atoms with Crippen molar-refractivity contribution in [3.05, 3.63) is 26.9 Å². The maximum absolute atomic E-state index is 11.6. The minimum Gasteiger partial charge on any atom is -0.385 e. The fraction of sp³-hybridized carbons (Fsp3) is 0.600. The highest BCUT2D eigenvalue weighted by molar-refractivity contribution is 5.26. The summed E-state index contributed by atoms with van der Waals surface area (Å²) >= 11 is 0. The Bertz CT molecular complexity index is 493. The molecule has 2 rings (SSSR count). The molecule has 3 N–H and O–H groups in total. The number of aromatic amines is 1. The van der Waals surface area contributed by atoms with E-state index in [9.17, 15) is 9.59 Å². The lowest BCUT2D eigenvalue weighted by Gasteiger charge is -2.40. The lowest BCUT2D eigenvalue weighted by atomic mass is 9.80. The van der Waals surface area contributed by atoms with Crippen LogP contribution in [-0.2, 0) is 11.3 Å². The summed E-state index contributed by atoms with van der Waals surface area (Å²) in [5.41, 5.74) is 4.40. The Hall–Kier alpha value is -1.56. The average Bonchev–Trinajstić information content (AvgIpc) is 2.14. The van der Waals surface area contributed by atoms with Gasteiger partial charge in [-0.05, 0) is 19.3 Å². The van der Waals surface area contributed by atoms with Gasteiger partial charge in [0.15, 0.2) is 0 Å². The zero-order valence-corrected chi connectivity index (χ0v) is 9.16. The summed E-state index contributed by atoms with van der Waals surface area (Å²) in [6, 6.07) is 1.21. The quantitative estimate of drug-likeness (QED) is 0.738. The number of hydrogen-bond acceptors (Lipinski definition) is 4. The number of methoxy groups -OCH3 is 1. The Morgan fingerprint density at radius 1 is 1.56 bits per heavy atom. The normalized spacial score (nSPS) is 18.1. The van der Waals surface area contributed by atoms with Crippen LogP contribution in [0, 0.1) is 0 Å². The Labute approximate surface area is 92.0 Å². The Morgan fingerprint density at radius 2 is 2.25 bits per heavy atom. The van der Waals surface area contributed by atoms with Gasteiger partial charge in [0.2, 0.25) is 0 Å². The van der Waals surface area contributed by atoms with Gasteiger partial charge >= 0.3 is 5.69 Å². The van der Waals surface area contributed by atoms with E-state index in [1.807, 2.05) is 0 Å². The summed E-state index contributed by atoms with van der Waals surface area (Å²) in [4.78, 5) is 24.8. The van der Waals surface area contributed by atoms with Crippen LogP contribution in [0.1, 0.15) is 19.3 Å². The number of anilines is 1. The van der Waals surface area contributed by atoms with Crippen molar-refractivity contribution in [1.82, 2.24) is 9.55 Å². The molecule has 0 spiro atoms. The minimum atomic E-state index is -0.478. The summed E-state index contributed by atoms with van der Waals surface area (Å²) in [5.74, 6) is 0.178. The van der Waals surface area contributed by atoms with E-state index >= 15 is 0 Å². The number of rotatable bonds is 3. The zero-order chi connectivity index (χ0) is 11.8. The molecule has 6 heteroatoms. The second kappa shape index (κ2) is 3.79. The molecule has 1 fully saturated rings. The van der Waals surface area contributed by atoms with E-state index in [0.717, 1.165) is 19.3 Å². The van der Waals surface area contributed by atoms with Crippen molar-refractivity contribution in [1.29, 1.82) is 0 Å². The predicted octanol–water partition coefficient (Wildman–Crippen LogP) is -0.312. The highest BCUT2D eigenvalue weighted by Crippen LogP contribution is 2.36. The molecule has 1 aliphatic rings. The number of hydrogen-bond donors (Lipinski definition) is 2. The van der Waals surface area contributed by atoms with Crippen molar-refractivity contribution < 1.29 is 4.74 Å². The van der Waals surface area contributed by atoms with Crippen molar-refractivity contribution in [2.75, 3.05) is 12.8 Å². The molecule has 1 aliphatic carbocycles. The van der Waals surface area contributed by atoms with Gasteiger partial charge in [-0.1, -0.05) is 0 Å². The zero-order valence-electron chi connectivity index (χ0n) is 9.16. The number of nitrogens with zero attached hydrogens (tertiary/aromatic N) is 1. The van der Waals surface area contributed by atoms with Crippen molar-refractivity contribution >= 4 is 5.82 Å². The van der Waals surface area contributed by atoms with Gasteiger partial charge in [-0.3, -0.25) is 14.3 Å². The lowest BCUT2D eigenvalue weighted by Crippen LogP contribution is -2.47. The molecule has 16 heavy (non-hydrogen) atoms. The van der Waals surface area contributed by atoms with Gasteiger partial charge in [0, 0.05) is 13.2 Å². The van der Waals surface area contributed by atoms with E-state index < -0.39 is 11.2 Å². The smallest absolute Gasteiger partial charge is 0.329 e. The lowest BCUT2D eigenvalue weighted by molar-refractivity contribution is -0.0839. The fourth-order valence-corrected chi connectivity index (χ4v) is 1.99. The number of nitrogen functional groups attached to an aromatic ring is 1. The SMILES string of the molecule is COC1(Cn2c(N)cc(=O)[nH]c2=O)CCC1. The van der Waals surface area contributed by atoms with Gasteiger partial charge in [0.05, 0.1) is 12.1 Å². The first-order chi connectivity index (χ1) is 7.56. The molecular weight excluding hydrogens is 210 g/mol. The van der Waals surface area contributed by atoms with E-state index in [0.29, 0.717) is 6.54 Å². The number of H-pyrrole nitrogens is 1. The van der Waals surface area contributed by atoms with Gasteiger partial charge < -0.3 is 10.5 Å². The van der Waals surface area contributed by atoms with E-state index in [2.05, 4.69) is 4.98 Å². The Balaban J connectivity index is 2.35. The number of ether oxygens (including phenoxy) is 1. The molecule has 0 atom stereocenters. The number of nitrogens with two attached hydrogens (primary N) is 1. The first-order valence-electron chi connectivity index (χ1n) is 5.21. The molecule has 6 nitrogen and oxygen atoms in total. The first kappa shape index (κ1) is 10.9. The molecule has 0 unspecified atom stereocenters. The molecule has 1 aromatic heterocycles. The number of nitrogens with one attached hydrogen (secondary N) is 1. The van der Waals surface area contributed by atoms with E-state index in [1.54, 1.807) is 7.11 Å². The van der Waals surface area contributed by atoms with Gasteiger partial charge in [-0.2, -0.15) is 0 Å². The van der Waals surface area contributed by atoms with Crippen LogP contribution in [0.3, 0.4) is 0 Å². The third-order valence-corrected chi connectivity index (χ3v) is 3.21. The highest BCUT2D eigenvalue weighted by atomic mass is 16.5. The number of aromatic nitrogens is 2. The summed E-state index contributed by atoms with van der Waals surface area (Å²) in [6.45, 7) is 0.394. The summed E-state index contributed by atoms with van der Waals surface area (Å²) in [6.07, 6.45) is 2.91. The third-order valence-electron chi connectivity index (χ3n) is 3.21. The maximum Gasteiger partial charge on any atom is 0.329 e. The van der Waals surface area contributed by atoms with Crippen LogP contribution in [0.4, 0.5) is 5.82 Å². The van der Waals surface area contributed by atoms with E-state index in [1.165, 1.54) is 10.6 Å². The molecule has 0 saturated heterocycles. The van der Waals surface area contributed by atoms with Gasteiger partial charge in [-0.15, -0.1) is 0 Å². The standard InChI is InChI=1S/C10H15N3O3/c1-16-10(3-2-4-10)6-13-7(11)5-8(14)12-9(13)15/h5H,2-4,6,11H2,1H3,(H,12,14,15). The summed E-state index contributed by atoms with van der Waals surface area (Å²) in [7, 11) is 1.63. The van der Waals surface area contributed by atoms with Gasteiger partial charge in [0.25, 0.3) is 5.56 Å². The summed E-state index contributed by atoms with van der Waals surface area (Å²) in [5, 5.41) is 0. The minimum absolute atomic E-state index is 0.178. The van der Waals surface area contributed by atoms with Crippen molar-refractivity contribution in [3.63, 3.8) is 0 Å². The Morgan fingerprint density at radius 3 is 2.69 bits per heavy atom. The topological polar surface area (TPSA) is 90.1 Å². The van der Waals surface area contributed by atoms with Crippen molar-refractivity contribution in [2.24, 2.45) is 0 Å². The summed E-state index contributed by atoms with van der Waals surface area (Å²) < 4.78 is 6.76. The molecule has 1 heterocycles. The van der Waals surface area contributed by atoms with Crippen LogP contribution in [0.15, 0.2) is 15.7 Å². The average molecular weight is 225 g/mol. The van der Waals surface area contributed by atoms with Crippen LogP contribution in [-0.4, -0.2) is 22.3 Å². The van der Waals surface area contributed by atoms with Crippen LogP contribution in [0.25, 0.3) is 0 Å². The molecule has 88 valence electrons. The van der Waals surface area contributed by atoms with Gasteiger partial charge in [0.1, 0.15) is 5.82 Å². The van der Waals surface area contributed by atoms with E-state index in [4.69, 9.17) is 10.5 Å². The molecule has 0 bridgehead atoms. The van der Waals surface area contributed by atoms with Crippen LogP contribution in [0.2, 0.25) is 0 Å². The first-order valence-corrected chi connectivity index (χ1v) is 5.21. The molecule has 0 radical (unpaired) electrons. The molecule has 1 saturated carbocycles. The second-order valence-electron chi connectivity index (χ2n) is 4.19. The fourth-order valence-electron chi connectivity index (χ4n) is 1.99. The van der Waals surface area contributed by atoms with Crippen LogP contribution in [0.5, 0.6) is 0 Å². The Kier molecular flexibility index (Phi) is 2.59. The second-order valence-corrected chi connectivity index (χ2v) is 4.19. The third kappa shape index (κ3) is 1.76. The van der Waals surface area contributed by atoms with Gasteiger partial charge in [-0.25, -0.2) is 4.79 Å². The largest absolute Gasteiger partial charge is 0.385 e. The predicted molar refractivity (Wildman–Crippen MR) is 59.3 cm³/mol. The van der Waals surface area contributed by atoms with Crippen LogP contribution < -0.4 is 17.0 Å². The molecular formula is C10H15N3O3. The maximum atomic E-state index is 11.6. The molecule has 1 aromatic rings. The molecule has 0 aliphatic heterocycles. The molecule has 0 amide bonds. The van der Waals surface area contributed by atoms with E-state index in [-0.39, 0.29) is 11.4 Å². The van der Waals surface area contributed by atoms with Crippen molar-refractivity contribution in [3.8, 4) is 0 Å². The van der Waals surface area contributed by atoms with Crippen molar-refractivity contribution in [2.45, 2.75) is 31.4 Å². The monoisotopic (exact) mass is 225 g/mol.